The Morgan fingerprint density at radius 2 is 1.86 bits per heavy atom. The molecule has 1 amide bonds. The minimum Gasteiger partial charge on any atom is -0.398 e. The molecule has 1 aliphatic rings. The van der Waals surface area contributed by atoms with Gasteiger partial charge in [-0.25, -0.2) is 0 Å². The fraction of sp³-hybridized carbons (Fsp3) is 0.200. The summed E-state index contributed by atoms with van der Waals surface area (Å²) < 4.78 is 38.8. The Morgan fingerprint density at radius 3 is 2.38 bits per heavy atom. The van der Waals surface area contributed by atoms with E-state index in [2.05, 4.69) is 10.3 Å². The van der Waals surface area contributed by atoms with Gasteiger partial charge in [0, 0.05) is 17.4 Å². The second-order valence-corrected chi connectivity index (χ2v) is 8.59. The van der Waals surface area contributed by atoms with Gasteiger partial charge in [0.1, 0.15) is 5.69 Å². The zero-order valence-electron chi connectivity index (χ0n) is 14.9. The van der Waals surface area contributed by atoms with Crippen molar-refractivity contribution in [3.8, 4) is 11.1 Å². The number of carbonyl (C=O) groups excluding carboxylic acids is 1. The van der Waals surface area contributed by atoms with E-state index in [9.17, 15) is 18.0 Å². The number of nitrogens with one attached hydrogen (secondary N) is 1. The van der Waals surface area contributed by atoms with Crippen LogP contribution in [0.5, 0.6) is 0 Å². The molecular weight excluding hydrogens is 423 g/mol. The van der Waals surface area contributed by atoms with Crippen LogP contribution in [0.3, 0.4) is 0 Å². The summed E-state index contributed by atoms with van der Waals surface area (Å²) >= 11 is 7.11. The molecule has 1 fully saturated rings. The summed E-state index contributed by atoms with van der Waals surface area (Å²) in [4.78, 5) is 16.5. The lowest BCUT2D eigenvalue weighted by atomic mass is 9.99. The van der Waals surface area contributed by atoms with Crippen LogP contribution in [0.25, 0.3) is 11.1 Å². The average molecular weight is 438 g/mol. The Morgan fingerprint density at radius 1 is 1.17 bits per heavy atom. The molecule has 3 aromatic rings. The first-order chi connectivity index (χ1) is 13.7. The van der Waals surface area contributed by atoms with Crippen molar-refractivity contribution in [1.82, 2.24) is 10.3 Å². The van der Waals surface area contributed by atoms with E-state index in [4.69, 9.17) is 17.3 Å². The van der Waals surface area contributed by atoms with Crippen LogP contribution in [0.1, 0.15) is 33.8 Å². The summed E-state index contributed by atoms with van der Waals surface area (Å²) in [5.74, 6) is -0.181. The fourth-order valence-corrected chi connectivity index (χ4v) is 4.10. The number of rotatable bonds is 4. The van der Waals surface area contributed by atoms with Crippen molar-refractivity contribution in [2.45, 2.75) is 24.6 Å². The minimum atomic E-state index is -4.54. The van der Waals surface area contributed by atoms with Gasteiger partial charge >= 0.3 is 6.18 Å². The van der Waals surface area contributed by atoms with Crippen molar-refractivity contribution in [1.29, 1.82) is 0 Å². The monoisotopic (exact) mass is 437 g/mol. The maximum Gasteiger partial charge on any atom is 0.433 e. The number of amides is 1. The molecule has 9 heteroatoms. The molecule has 2 heterocycles. The maximum atomic E-state index is 12.8. The van der Waals surface area contributed by atoms with Gasteiger partial charge in [-0.3, -0.25) is 9.78 Å². The quantitative estimate of drug-likeness (QED) is 0.567. The van der Waals surface area contributed by atoms with E-state index in [1.165, 1.54) is 11.3 Å². The van der Waals surface area contributed by atoms with Gasteiger partial charge in [-0.2, -0.15) is 13.2 Å². The van der Waals surface area contributed by atoms with Gasteiger partial charge in [-0.15, -0.1) is 11.3 Å². The molecule has 4 rings (SSSR count). The number of alkyl halides is 3. The lowest BCUT2D eigenvalue weighted by Gasteiger charge is -2.18. The first kappa shape index (κ1) is 19.7. The highest BCUT2D eigenvalue weighted by atomic mass is 35.5. The van der Waals surface area contributed by atoms with Gasteiger partial charge in [0.05, 0.1) is 14.8 Å². The van der Waals surface area contributed by atoms with Crippen LogP contribution in [-0.4, -0.2) is 10.9 Å². The third-order valence-electron chi connectivity index (χ3n) is 4.87. The highest BCUT2D eigenvalue weighted by Crippen LogP contribution is 2.46. The van der Waals surface area contributed by atoms with Crippen LogP contribution in [-0.2, 0) is 11.7 Å². The Kier molecular flexibility index (Phi) is 4.78. The van der Waals surface area contributed by atoms with Gasteiger partial charge in [-0.1, -0.05) is 35.9 Å². The molecule has 0 unspecified atom stereocenters. The number of pyridine rings is 1. The van der Waals surface area contributed by atoms with Crippen molar-refractivity contribution < 1.29 is 18.0 Å². The van der Waals surface area contributed by atoms with Gasteiger partial charge in [0.2, 0.25) is 0 Å². The number of benzene rings is 1. The minimum absolute atomic E-state index is 0.00378. The molecule has 29 heavy (non-hydrogen) atoms. The third-order valence-corrected chi connectivity index (χ3v) is 6.10. The van der Waals surface area contributed by atoms with Crippen molar-refractivity contribution >= 4 is 34.5 Å². The zero-order valence-corrected chi connectivity index (χ0v) is 16.5. The number of aromatic nitrogens is 1. The van der Waals surface area contributed by atoms with E-state index in [0.717, 1.165) is 30.7 Å². The molecule has 0 aliphatic heterocycles. The number of halogens is 4. The second kappa shape index (κ2) is 7.03. The fourth-order valence-electron chi connectivity index (χ4n) is 3.16. The molecule has 0 bridgehead atoms. The molecule has 1 aromatic carbocycles. The van der Waals surface area contributed by atoms with Gasteiger partial charge in [-0.05, 0) is 42.2 Å². The Hall–Kier alpha value is -2.58. The lowest BCUT2D eigenvalue weighted by Crippen LogP contribution is -2.34. The number of carbonyl (C=O) groups is 1. The summed E-state index contributed by atoms with van der Waals surface area (Å²) in [5.41, 5.74) is 6.36. The first-order valence-corrected chi connectivity index (χ1v) is 9.89. The highest BCUT2D eigenvalue weighted by Gasteiger charge is 2.45. The Bertz CT molecular complexity index is 1080. The lowest BCUT2D eigenvalue weighted by molar-refractivity contribution is -0.141. The highest BCUT2D eigenvalue weighted by molar-refractivity contribution is 7.18. The SMILES string of the molecule is Nc1cc(C(F)(F)F)ncc1-c1ccc(C2(NC(=O)c3ccc(Cl)s3)CC2)cc1. The predicted molar refractivity (Wildman–Crippen MR) is 107 cm³/mol. The maximum absolute atomic E-state index is 12.8. The standard InChI is InChI=1S/C20H15ClF3N3OS/c21-17-6-5-15(29-17)18(28)27-19(7-8-19)12-3-1-11(2-4-12)13-10-26-16(9-14(13)25)20(22,23)24/h1-6,9-10H,7-8H2,(H2,25,26)(H,27,28). The molecule has 2 aromatic heterocycles. The van der Waals surface area contributed by atoms with Crippen LogP contribution >= 0.6 is 22.9 Å². The van der Waals surface area contributed by atoms with Crippen molar-refractivity contribution in [2.75, 3.05) is 5.73 Å². The molecule has 4 nitrogen and oxygen atoms in total. The van der Waals surface area contributed by atoms with Gasteiger partial charge < -0.3 is 11.1 Å². The summed E-state index contributed by atoms with van der Waals surface area (Å²) in [6, 6.07) is 11.4. The molecule has 0 saturated heterocycles. The summed E-state index contributed by atoms with van der Waals surface area (Å²) in [6.07, 6.45) is -1.80. The first-order valence-electron chi connectivity index (χ1n) is 8.69. The average Bonchev–Trinajstić information content (AvgIpc) is 3.32. The smallest absolute Gasteiger partial charge is 0.398 e. The van der Waals surface area contributed by atoms with E-state index in [-0.39, 0.29) is 11.6 Å². The summed E-state index contributed by atoms with van der Waals surface area (Å²) in [6.45, 7) is 0. The number of hydrogen-bond donors (Lipinski definition) is 2. The van der Waals surface area contributed by atoms with E-state index in [0.29, 0.717) is 20.3 Å². The topological polar surface area (TPSA) is 68.0 Å². The van der Waals surface area contributed by atoms with Crippen molar-refractivity contribution in [3.05, 3.63) is 69.1 Å². The second-order valence-electron chi connectivity index (χ2n) is 6.87. The molecular formula is C20H15ClF3N3OS. The summed E-state index contributed by atoms with van der Waals surface area (Å²) in [5, 5.41) is 3.06. The number of nitrogen functional groups attached to an aromatic ring is 1. The van der Waals surface area contributed by atoms with E-state index in [1.54, 1.807) is 24.3 Å². The number of thiophene rings is 1. The van der Waals surface area contributed by atoms with E-state index in [1.807, 2.05) is 12.1 Å². The Labute approximate surface area is 173 Å². The Balaban J connectivity index is 1.54. The van der Waals surface area contributed by atoms with Crippen LogP contribution < -0.4 is 11.1 Å². The molecule has 3 N–H and O–H groups in total. The summed E-state index contributed by atoms with van der Waals surface area (Å²) in [7, 11) is 0. The molecule has 0 atom stereocenters. The number of hydrogen-bond acceptors (Lipinski definition) is 4. The van der Waals surface area contributed by atoms with E-state index < -0.39 is 17.4 Å². The van der Waals surface area contributed by atoms with Crippen molar-refractivity contribution in [3.63, 3.8) is 0 Å². The van der Waals surface area contributed by atoms with Crippen LogP contribution in [0, 0.1) is 0 Å². The molecule has 150 valence electrons. The van der Waals surface area contributed by atoms with Gasteiger partial charge in [0.15, 0.2) is 0 Å². The van der Waals surface area contributed by atoms with Crippen LogP contribution in [0.2, 0.25) is 4.34 Å². The third kappa shape index (κ3) is 3.95. The predicted octanol–water partition coefficient (Wildman–Crippen LogP) is 5.48. The zero-order chi connectivity index (χ0) is 20.8. The largest absolute Gasteiger partial charge is 0.433 e. The molecule has 1 aliphatic carbocycles. The van der Waals surface area contributed by atoms with Gasteiger partial charge in [0.25, 0.3) is 5.91 Å². The van der Waals surface area contributed by atoms with Crippen molar-refractivity contribution in [2.24, 2.45) is 0 Å². The van der Waals surface area contributed by atoms with Crippen LogP contribution in [0.4, 0.5) is 18.9 Å². The number of nitrogens with two attached hydrogens (primary N) is 1. The van der Waals surface area contributed by atoms with E-state index >= 15 is 0 Å². The number of nitrogens with zero attached hydrogens (tertiary/aromatic N) is 1. The normalized spacial score (nSPS) is 15.2. The molecule has 1 saturated carbocycles. The number of anilines is 1. The van der Waals surface area contributed by atoms with Crippen LogP contribution in [0.15, 0.2) is 48.7 Å². The molecule has 0 spiro atoms. The molecule has 0 radical (unpaired) electrons.